The molecule has 7 nitrogen and oxygen atoms in total. The Morgan fingerprint density at radius 3 is 2.80 bits per heavy atom. The average Bonchev–Trinajstić information content (AvgIpc) is 2.36. The molecule has 4 N–H and O–H groups in total. The maximum atomic E-state index is 12.5. The van der Waals surface area contributed by atoms with Crippen LogP contribution in [-0.2, 0) is 10.0 Å². The second-order valence-electron chi connectivity index (χ2n) is 4.92. The Hall–Kier alpha value is -0.740. The summed E-state index contributed by atoms with van der Waals surface area (Å²) in [6.45, 7) is 0.371. The van der Waals surface area contributed by atoms with Gasteiger partial charge in [0.15, 0.2) is 5.82 Å². The van der Waals surface area contributed by atoms with Crippen molar-refractivity contribution in [2.75, 3.05) is 19.0 Å². The fraction of sp³-hybridized carbons (Fsp3) is 0.545. The van der Waals surface area contributed by atoms with Gasteiger partial charge in [0.25, 0.3) is 0 Å². The second-order valence-corrected chi connectivity index (χ2v) is 7.85. The molecular formula is C11H17BrN4O3S. The molecule has 1 fully saturated rings. The van der Waals surface area contributed by atoms with E-state index in [-0.39, 0.29) is 22.7 Å². The maximum absolute atomic E-state index is 12.5. The summed E-state index contributed by atoms with van der Waals surface area (Å²) >= 11 is 3.20. The highest BCUT2D eigenvalue weighted by Crippen LogP contribution is 2.30. The summed E-state index contributed by atoms with van der Waals surface area (Å²) in [5.41, 5.74) is 2.29. The molecule has 0 unspecified atom stereocenters. The number of hydrogen-bond acceptors (Lipinski definition) is 6. The van der Waals surface area contributed by atoms with E-state index in [0.29, 0.717) is 23.9 Å². The average molecular weight is 365 g/mol. The minimum atomic E-state index is -3.68. The zero-order chi connectivity index (χ0) is 14.9. The lowest BCUT2D eigenvalue weighted by molar-refractivity contribution is 0.0367. The Balaban J connectivity index is 2.23. The van der Waals surface area contributed by atoms with Crippen LogP contribution in [0.15, 0.2) is 21.6 Å². The van der Waals surface area contributed by atoms with Crippen LogP contribution in [0.4, 0.5) is 5.82 Å². The summed E-state index contributed by atoms with van der Waals surface area (Å²) in [7, 11) is -2.16. The van der Waals surface area contributed by atoms with Crippen molar-refractivity contribution in [2.45, 2.75) is 23.8 Å². The van der Waals surface area contributed by atoms with Gasteiger partial charge in [-0.25, -0.2) is 23.5 Å². The van der Waals surface area contributed by atoms with E-state index in [4.69, 9.17) is 5.84 Å². The van der Waals surface area contributed by atoms with Crippen LogP contribution in [0, 0.1) is 5.92 Å². The summed E-state index contributed by atoms with van der Waals surface area (Å²) in [5, 5.41) is 9.26. The summed E-state index contributed by atoms with van der Waals surface area (Å²) < 4.78 is 26.9. The maximum Gasteiger partial charge on any atom is 0.246 e. The summed E-state index contributed by atoms with van der Waals surface area (Å²) in [6.07, 6.45) is 2.44. The van der Waals surface area contributed by atoms with E-state index in [0.717, 1.165) is 0 Å². The van der Waals surface area contributed by atoms with Gasteiger partial charge in [-0.3, -0.25) is 0 Å². The van der Waals surface area contributed by atoms with Gasteiger partial charge in [-0.1, -0.05) is 0 Å². The minimum absolute atomic E-state index is 0.0248. The van der Waals surface area contributed by atoms with Crippen LogP contribution in [0.2, 0.25) is 0 Å². The number of hydrogen-bond donors (Lipinski definition) is 3. The fourth-order valence-corrected chi connectivity index (χ4v) is 4.06. The normalized spacial score (nSPS) is 22.6. The molecular weight excluding hydrogens is 348 g/mol. The molecule has 0 bridgehead atoms. The van der Waals surface area contributed by atoms with Gasteiger partial charge < -0.3 is 10.5 Å². The number of rotatable bonds is 5. The molecule has 1 saturated carbocycles. The number of aliphatic hydroxyl groups is 1. The van der Waals surface area contributed by atoms with Crippen LogP contribution in [0.5, 0.6) is 0 Å². The Bertz CT molecular complexity index is 589. The number of aromatic nitrogens is 1. The Morgan fingerprint density at radius 2 is 2.25 bits per heavy atom. The first-order valence-electron chi connectivity index (χ1n) is 6.11. The molecule has 20 heavy (non-hydrogen) atoms. The van der Waals surface area contributed by atoms with Gasteiger partial charge in [-0.2, -0.15) is 0 Å². The third-order valence-corrected chi connectivity index (χ3v) is 5.64. The molecule has 0 amide bonds. The first-order chi connectivity index (χ1) is 9.34. The number of pyridine rings is 1. The molecule has 0 radical (unpaired) electrons. The van der Waals surface area contributed by atoms with Crippen molar-refractivity contribution < 1.29 is 13.5 Å². The fourth-order valence-electron chi connectivity index (χ4n) is 2.20. The molecule has 1 aliphatic rings. The number of anilines is 1. The van der Waals surface area contributed by atoms with E-state index >= 15 is 0 Å². The van der Waals surface area contributed by atoms with Gasteiger partial charge in [0.05, 0.1) is 6.10 Å². The van der Waals surface area contributed by atoms with Gasteiger partial charge in [0.1, 0.15) is 4.90 Å². The van der Waals surface area contributed by atoms with Crippen molar-refractivity contribution in [3.05, 3.63) is 16.7 Å². The van der Waals surface area contributed by atoms with Crippen LogP contribution < -0.4 is 11.3 Å². The molecule has 9 heteroatoms. The summed E-state index contributed by atoms with van der Waals surface area (Å²) in [5.74, 6) is 5.61. The van der Waals surface area contributed by atoms with Crippen LogP contribution in [0.25, 0.3) is 0 Å². The number of nitrogens with two attached hydrogens (primary N) is 1. The molecule has 112 valence electrons. The van der Waals surface area contributed by atoms with E-state index in [1.54, 1.807) is 0 Å². The van der Waals surface area contributed by atoms with Crippen molar-refractivity contribution >= 4 is 31.8 Å². The highest BCUT2D eigenvalue weighted by atomic mass is 79.9. The largest absolute Gasteiger partial charge is 0.393 e. The number of nitrogens with zero attached hydrogens (tertiary/aromatic N) is 2. The van der Waals surface area contributed by atoms with Crippen molar-refractivity contribution in [1.82, 2.24) is 9.29 Å². The molecule has 0 aromatic carbocycles. The molecule has 1 aromatic rings. The topological polar surface area (TPSA) is 109 Å². The lowest BCUT2D eigenvalue weighted by Crippen LogP contribution is -2.39. The molecule has 2 rings (SSSR count). The molecule has 0 spiro atoms. The minimum Gasteiger partial charge on any atom is -0.393 e. The zero-order valence-electron chi connectivity index (χ0n) is 11.0. The van der Waals surface area contributed by atoms with Crippen molar-refractivity contribution in [3.8, 4) is 0 Å². The van der Waals surface area contributed by atoms with Crippen molar-refractivity contribution in [1.29, 1.82) is 0 Å². The quantitative estimate of drug-likeness (QED) is 0.519. The molecule has 0 saturated heterocycles. The third-order valence-electron chi connectivity index (χ3n) is 3.37. The number of hydrazine groups is 1. The van der Waals surface area contributed by atoms with E-state index in [1.165, 1.54) is 23.6 Å². The van der Waals surface area contributed by atoms with Crippen molar-refractivity contribution in [2.24, 2.45) is 11.8 Å². The van der Waals surface area contributed by atoms with Gasteiger partial charge in [-0.05, 0) is 40.8 Å². The first-order valence-corrected chi connectivity index (χ1v) is 8.34. The lowest BCUT2D eigenvalue weighted by atomic mass is 9.82. The zero-order valence-corrected chi connectivity index (χ0v) is 13.4. The standard InChI is InChI=1S/C11H17BrN4O3S/c1-16(6-7-2-9(17)3-7)20(18,19)10-4-8(12)5-14-11(10)15-13/h4-5,7,9,17H,2-3,6,13H2,1H3,(H,14,15). The van der Waals surface area contributed by atoms with E-state index in [2.05, 4.69) is 26.3 Å². The van der Waals surface area contributed by atoms with Gasteiger partial charge >= 0.3 is 0 Å². The van der Waals surface area contributed by atoms with Crippen LogP contribution in [-0.4, -0.2) is 42.5 Å². The Morgan fingerprint density at radius 1 is 1.60 bits per heavy atom. The monoisotopic (exact) mass is 364 g/mol. The highest BCUT2D eigenvalue weighted by Gasteiger charge is 2.32. The molecule has 1 aliphatic carbocycles. The number of halogens is 1. The molecule has 1 aromatic heterocycles. The lowest BCUT2D eigenvalue weighted by Gasteiger charge is -2.34. The highest BCUT2D eigenvalue weighted by molar-refractivity contribution is 9.10. The van der Waals surface area contributed by atoms with E-state index < -0.39 is 10.0 Å². The summed E-state index contributed by atoms with van der Waals surface area (Å²) in [6, 6.07) is 1.46. The Kier molecular flexibility index (Phi) is 4.65. The van der Waals surface area contributed by atoms with Gasteiger partial charge in [-0.15, -0.1) is 0 Å². The third kappa shape index (κ3) is 3.12. The van der Waals surface area contributed by atoms with Crippen LogP contribution in [0.3, 0.4) is 0 Å². The summed E-state index contributed by atoms with van der Waals surface area (Å²) in [4.78, 5) is 3.97. The Labute approximate surface area is 126 Å². The molecule has 0 atom stereocenters. The van der Waals surface area contributed by atoms with E-state index in [9.17, 15) is 13.5 Å². The number of aliphatic hydroxyl groups excluding tert-OH is 1. The number of nitrogen functional groups attached to an aromatic ring is 1. The molecule has 0 aliphatic heterocycles. The first kappa shape index (κ1) is 15.6. The van der Waals surface area contributed by atoms with E-state index in [1.807, 2.05) is 0 Å². The van der Waals surface area contributed by atoms with Gasteiger partial charge in [0.2, 0.25) is 10.0 Å². The number of nitrogens with one attached hydrogen (secondary N) is 1. The SMILES string of the molecule is CN(CC1CC(O)C1)S(=O)(=O)c1cc(Br)cnc1NN. The van der Waals surface area contributed by atoms with Crippen LogP contribution >= 0.6 is 15.9 Å². The number of sulfonamides is 1. The van der Waals surface area contributed by atoms with Gasteiger partial charge in [0, 0.05) is 24.3 Å². The van der Waals surface area contributed by atoms with Crippen LogP contribution in [0.1, 0.15) is 12.8 Å². The predicted molar refractivity (Wildman–Crippen MR) is 78.3 cm³/mol. The predicted octanol–water partition coefficient (Wildman–Crippen LogP) is 0.521. The molecule has 1 heterocycles. The smallest absolute Gasteiger partial charge is 0.246 e. The second kappa shape index (κ2) is 5.94. The van der Waals surface area contributed by atoms with Crippen molar-refractivity contribution in [3.63, 3.8) is 0 Å².